The molecule has 8 heteroatoms. The lowest BCUT2D eigenvalue weighted by atomic mass is 10.1. The zero-order valence-electron chi connectivity index (χ0n) is 17.3. The van der Waals surface area contributed by atoms with Gasteiger partial charge in [0.05, 0.1) is 17.7 Å². The molecular weight excluding hydrogens is 418 g/mol. The molecule has 0 bridgehead atoms. The molecule has 1 unspecified atom stereocenters. The first-order valence-electron chi connectivity index (χ1n) is 9.55. The summed E-state index contributed by atoms with van der Waals surface area (Å²) in [5.41, 5.74) is 2.92. The molecule has 3 rings (SSSR count). The van der Waals surface area contributed by atoms with Crippen LogP contribution in [0.1, 0.15) is 12.5 Å². The van der Waals surface area contributed by atoms with Crippen LogP contribution >= 0.6 is 23.1 Å². The third-order valence-electron chi connectivity index (χ3n) is 4.49. The summed E-state index contributed by atoms with van der Waals surface area (Å²) >= 11 is 2.69. The molecule has 0 saturated heterocycles. The lowest BCUT2D eigenvalue weighted by Crippen LogP contribution is -2.36. The smallest absolute Gasteiger partial charge is 0.263 e. The van der Waals surface area contributed by atoms with Crippen molar-refractivity contribution in [1.82, 2.24) is 14.9 Å². The minimum Gasteiger partial charge on any atom is -0.383 e. The van der Waals surface area contributed by atoms with Gasteiger partial charge >= 0.3 is 0 Å². The van der Waals surface area contributed by atoms with Gasteiger partial charge < -0.3 is 10.1 Å². The SMILES string of the molecule is C=CCn1c(SCC(=O)NC(C)COC)nc2scc(-c3ccc(C)cc3)c2c1=O. The fourth-order valence-corrected chi connectivity index (χ4v) is 4.90. The molecule has 1 aromatic carbocycles. The van der Waals surface area contributed by atoms with Crippen molar-refractivity contribution >= 4 is 39.2 Å². The Morgan fingerprint density at radius 2 is 2.13 bits per heavy atom. The van der Waals surface area contributed by atoms with Crippen LogP contribution in [0.5, 0.6) is 0 Å². The van der Waals surface area contributed by atoms with Crippen molar-refractivity contribution in [2.24, 2.45) is 0 Å². The molecule has 0 aliphatic carbocycles. The second-order valence-electron chi connectivity index (χ2n) is 7.01. The van der Waals surface area contributed by atoms with Gasteiger partial charge in [-0.1, -0.05) is 47.7 Å². The van der Waals surface area contributed by atoms with Crippen LogP contribution in [0.3, 0.4) is 0 Å². The van der Waals surface area contributed by atoms with Crippen molar-refractivity contribution in [3.63, 3.8) is 0 Å². The summed E-state index contributed by atoms with van der Waals surface area (Å²) in [6, 6.07) is 8.01. The van der Waals surface area contributed by atoms with Crippen LogP contribution in [0.2, 0.25) is 0 Å². The first-order chi connectivity index (χ1) is 14.4. The number of thiophene rings is 1. The quantitative estimate of drug-likeness (QED) is 0.309. The van der Waals surface area contributed by atoms with E-state index in [1.807, 2.05) is 43.5 Å². The van der Waals surface area contributed by atoms with Crippen LogP contribution in [0.4, 0.5) is 0 Å². The topological polar surface area (TPSA) is 73.2 Å². The number of ether oxygens (including phenoxy) is 1. The Balaban J connectivity index is 1.93. The maximum atomic E-state index is 13.3. The Morgan fingerprint density at radius 3 is 2.80 bits per heavy atom. The number of nitrogens with one attached hydrogen (secondary N) is 1. The minimum atomic E-state index is -0.129. The summed E-state index contributed by atoms with van der Waals surface area (Å²) in [7, 11) is 1.59. The Kier molecular flexibility index (Phi) is 7.47. The van der Waals surface area contributed by atoms with E-state index < -0.39 is 0 Å². The number of methoxy groups -OCH3 is 1. The standard InChI is InChI=1S/C22H25N3O3S2/c1-5-10-25-21(27)19-17(16-8-6-14(2)7-9-16)12-29-20(19)24-22(25)30-13-18(26)23-15(3)11-28-4/h5-9,12,15H,1,10-11,13H2,2-4H3,(H,23,26). The summed E-state index contributed by atoms with van der Waals surface area (Å²) in [5, 5.41) is 5.95. The molecule has 2 heterocycles. The Labute approximate surface area is 184 Å². The first kappa shape index (κ1) is 22.3. The Bertz CT molecular complexity index is 1100. The van der Waals surface area contributed by atoms with Crippen LogP contribution in [-0.4, -0.2) is 41.0 Å². The molecular formula is C22H25N3O3S2. The predicted molar refractivity (Wildman–Crippen MR) is 124 cm³/mol. The zero-order chi connectivity index (χ0) is 21.7. The molecule has 0 saturated carbocycles. The third kappa shape index (κ3) is 5.00. The van der Waals surface area contributed by atoms with Crippen molar-refractivity contribution in [3.05, 3.63) is 58.2 Å². The molecule has 158 valence electrons. The summed E-state index contributed by atoms with van der Waals surface area (Å²) in [6.07, 6.45) is 1.66. The van der Waals surface area contributed by atoms with E-state index in [0.717, 1.165) is 16.7 Å². The normalized spacial score (nSPS) is 12.1. The number of aryl methyl sites for hydroxylation is 1. The number of fused-ring (bicyclic) bond motifs is 1. The van der Waals surface area contributed by atoms with Crippen molar-refractivity contribution in [1.29, 1.82) is 0 Å². The average molecular weight is 444 g/mol. The van der Waals surface area contributed by atoms with E-state index >= 15 is 0 Å². The highest BCUT2D eigenvalue weighted by molar-refractivity contribution is 7.99. The summed E-state index contributed by atoms with van der Waals surface area (Å²) in [4.78, 5) is 30.9. The van der Waals surface area contributed by atoms with Crippen LogP contribution in [0.15, 0.2) is 52.3 Å². The van der Waals surface area contributed by atoms with Gasteiger partial charge in [0, 0.05) is 30.6 Å². The van der Waals surface area contributed by atoms with Gasteiger partial charge in [-0.15, -0.1) is 17.9 Å². The highest BCUT2D eigenvalue weighted by atomic mass is 32.2. The van der Waals surface area contributed by atoms with Gasteiger partial charge in [-0.05, 0) is 19.4 Å². The summed E-state index contributed by atoms with van der Waals surface area (Å²) in [5.74, 6) is 0.0369. The highest BCUT2D eigenvalue weighted by Crippen LogP contribution is 2.32. The van der Waals surface area contributed by atoms with E-state index in [1.165, 1.54) is 23.1 Å². The van der Waals surface area contributed by atoms with Crippen LogP contribution in [-0.2, 0) is 16.1 Å². The van der Waals surface area contributed by atoms with Crippen LogP contribution < -0.4 is 10.9 Å². The van der Waals surface area contributed by atoms with Gasteiger partial charge in [0.15, 0.2) is 5.16 Å². The van der Waals surface area contributed by atoms with Crippen molar-refractivity contribution in [3.8, 4) is 11.1 Å². The van der Waals surface area contributed by atoms with E-state index in [2.05, 4.69) is 11.9 Å². The van der Waals surface area contributed by atoms with Crippen LogP contribution in [0.25, 0.3) is 21.3 Å². The molecule has 0 fully saturated rings. The number of nitrogens with zero attached hydrogens (tertiary/aromatic N) is 2. The molecule has 3 aromatic rings. The van der Waals surface area contributed by atoms with E-state index in [-0.39, 0.29) is 23.3 Å². The molecule has 1 atom stereocenters. The van der Waals surface area contributed by atoms with E-state index in [1.54, 1.807) is 17.8 Å². The number of carbonyl (C=O) groups is 1. The maximum absolute atomic E-state index is 13.3. The van der Waals surface area contributed by atoms with Gasteiger partial charge in [-0.2, -0.15) is 0 Å². The zero-order valence-corrected chi connectivity index (χ0v) is 18.9. The number of aromatic nitrogens is 2. The monoisotopic (exact) mass is 443 g/mol. The number of rotatable bonds is 9. The van der Waals surface area contributed by atoms with Gasteiger partial charge in [0.2, 0.25) is 5.91 Å². The molecule has 2 aromatic heterocycles. The van der Waals surface area contributed by atoms with Gasteiger partial charge in [0.25, 0.3) is 5.56 Å². The second kappa shape index (κ2) is 10.1. The number of thioether (sulfide) groups is 1. The highest BCUT2D eigenvalue weighted by Gasteiger charge is 2.18. The average Bonchev–Trinajstić information content (AvgIpc) is 3.13. The number of carbonyl (C=O) groups excluding carboxylic acids is 1. The van der Waals surface area contributed by atoms with E-state index in [0.29, 0.717) is 28.5 Å². The van der Waals surface area contributed by atoms with Gasteiger partial charge in [-0.3, -0.25) is 14.2 Å². The van der Waals surface area contributed by atoms with Crippen LogP contribution in [0, 0.1) is 6.92 Å². The molecule has 1 N–H and O–H groups in total. The molecule has 0 radical (unpaired) electrons. The minimum absolute atomic E-state index is 0.0803. The van der Waals surface area contributed by atoms with Gasteiger partial charge in [0.1, 0.15) is 4.83 Å². The number of benzene rings is 1. The summed E-state index contributed by atoms with van der Waals surface area (Å²) in [6.45, 7) is 8.44. The van der Waals surface area contributed by atoms with Crippen molar-refractivity contribution in [2.75, 3.05) is 19.5 Å². The number of allylic oxidation sites excluding steroid dienone is 1. The molecule has 6 nitrogen and oxygen atoms in total. The van der Waals surface area contributed by atoms with E-state index in [9.17, 15) is 9.59 Å². The predicted octanol–water partition coefficient (Wildman–Crippen LogP) is 3.86. The third-order valence-corrected chi connectivity index (χ3v) is 6.34. The van der Waals surface area contributed by atoms with Gasteiger partial charge in [-0.25, -0.2) is 4.98 Å². The molecule has 1 amide bonds. The summed E-state index contributed by atoms with van der Waals surface area (Å²) < 4.78 is 6.62. The molecule has 0 spiro atoms. The van der Waals surface area contributed by atoms with E-state index in [4.69, 9.17) is 9.72 Å². The van der Waals surface area contributed by atoms with Crippen molar-refractivity contribution in [2.45, 2.75) is 31.6 Å². The lowest BCUT2D eigenvalue weighted by Gasteiger charge is -2.13. The maximum Gasteiger partial charge on any atom is 0.263 e. The fraction of sp³-hybridized carbons (Fsp3) is 0.318. The lowest BCUT2D eigenvalue weighted by molar-refractivity contribution is -0.119. The number of hydrogen-bond donors (Lipinski definition) is 1. The largest absolute Gasteiger partial charge is 0.383 e. The Hall–Kier alpha value is -2.42. The molecule has 0 aliphatic rings. The first-order valence-corrected chi connectivity index (χ1v) is 11.4. The second-order valence-corrected chi connectivity index (χ2v) is 8.81. The fourth-order valence-electron chi connectivity index (χ4n) is 3.09. The molecule has 30 heavy (non-hydrogen) atoms. The molecule has 0 aliphatic heterocycles. The Morgan fingerprint density at radius 1 is 1.40 bits per heavy atom. The number of hydrogen-bond acceptors (Lipinski definition) is 6. The number of amides is 1. The van der Waals surface area contributed by atoms with Crippen molar-refractivity contribution < 1.29 is 9.53 Å².